The van der Waals surface area contributed by atoms with Crippen molar-refractivity contribution in [3.63, 3.8) is 0 Å². The second-order valence-corrected chi connectivity index (χ2v) is 6.07. The number of hydrogen-bond donors (Lipinski definition) is 1. The molecule has 2 aromatic heterocycles. The second-order valence-electron chi connectivity index (χ2n) is 4.99. The van der Waals surface area contributed by atoms with Crippen LogP contribution in [0.4, 0.5) is 5.82 Å². The lowest BCUT2D eigenvalue weighted by molar-refractivity contribution is -0.113. The Balaban J connectivity index is 2.30. The standard InChI is InChI=1S/C16H11Cl3N4O/c1-8-20-7-10-9(15-11(18)3-2-4-12(15)19)5-13(22-14(24)6-17)23-16(10)21-8/h2-5,7H,6H2,1H3,(H,20,21,22,23,24). The molecule has 3 aromatic rings. The van der Waals surface area contributed by atoms with Gasteiger partial charge in [0.05, 0.1) is 0 Å². The lowest BCUT2D eigenvalue weighted by Crippen LogP contribution is -2.14. The number of hydrogen-bond acceptors (Lipinski definition) is 4. The first kappa shape index (κ1) is 16.9. The molecule has 0 fully saturated rings. The summed E-state index contributed by atoms with van der Waals surface area (Å²) in [6, 6.07) is 6.91. The summed E-state index contributed by atoms with van der Waals surface area (Å²) >= 11 is 18.2. The van der Waals surface area contributed by atoms with E-state index in [-0.39, 0.29) is 11.8 Å². The highest BCUT2D eigenvalue weighted by Crippen LogP contribution is 2.38. The normalized spacial score (nSPS) is 10.8. The van der Waals surface area contributed by atoms with Crippen molar-refractivity contribution < 1.29 is 4.79 Å². The fraction of sp³-hybridized carbons (Fsp3) is 0.125. The van der Waals surface area contributed by atoms with Crippen LogP contribution in [-0.4, -0.2) is 26.7 Å². The Labute approximate surface area is 153 Å². The first-order valence-electron chi connectivity index (χ1n) is 6.94. The third kappa shape index (κ3) is 3.29. The molecule has 122 valence electrons. The molecule has 1 aromatic carbocycles. The maximum atomic E-state index is 11.6. The third-order valence-electron chi connectivity index (χ3n) is 3.31. The molecule has 0 unspecified atom stereocenters. The predicted octanol–water partition coefficient (Wildman–Crippen LogP) is 4.48. The number of rotatable bonds is 3. The van der Waals surface area contributed by atoms with E-state index < -0.39 is 0 Å². The highest BCUT2D eigenvalue weighted by atomic mass is 35.5. The van der Waals surface area contributed by atoms with Gasteiger partial charge < -0.3 is 5.32 Å². The Kier molecular flexibility index (Phi) is 4.85. The lowest BCUT2D eigenvalue weighted by Gasteiger charge is -2.12. The van der Waals surface area contributed by atoms with E-state index in [0.29, 0.717) is 43.8 Å². The Morgan fingerprint density at radius 1 is 1.21 bits per heavy atom. The summed E-state index contributed by atoms with van der Waals surface area (Å²) in [6.45, 7) is 1.76. The van der Waals surface area contributed by atoms with E-state index in [1.165, 1.54) is 0 Å². The average Bonchev–Trinajstić information content (AvgIpc) is 2.54. The molecule has 0 radical (unpaired) electrons. The highest BCUT2D eigenvalue weighted by Gasteiger charge is 2.16. The van der Waals surface area contributed by atoms with Crippen LogP contribution in [0.15, 0.2) is 30.5 Å². The van der Waals surface area contributed by atoms with Gasteiger partial charge in [-0.05, 0) is 25.1 Å². The van der Waals surface area contributed by atoms with E-state index in [1.807, 2.05) is 0 Å². The molecule has 1 amide bonds. The summed E-state index contributed by atoms with van der Waals surface area (Å²) in [5.74, 6) is 0.333. The number of aryl methyl sites for hydroxylation is 1. The van der Waals surface area contributed by atoms with Crippen molar-refractivity contribution in [1.29, 1.82) is 0 Å². The zero-order valence-corrected chi connectivity index (χ0v) is 14.7. The topological polar surface area (TPSA) is 67.8 Å². The summed E-state index contributed by atoms with van der Waals surface area (Å²) in [6.07, 6.45) is 1.66. The van der Waals surface area contributed by atoms with Crippen LogP contribution in [0.2, 0.25) is 10.0 Å². The van der Waals surface area contributed by atoms with E-state index >= 15 is 0 Å². The predicted molar refractivity (Wildman–Crippen MR) is 96.9 cm³/mol. The number of nitrogens with zero attached hydrogens (tertiary/aromatic N) is 3. The van der Waals surface area contributed by atoms with Crippen LogP contribution in [-0.2, 0) is 4.79 Å². The Bertz CT molecular complexity index is 926. The summed E-state index contributed by atoms with van der Waals surface area (Å²) in [5.41, 5.74) is 1.74. The highest BCUT2D eigenvalue weighted by molar-refractivity contribution is 6.39. The average molecular weight is 382 g/mol. The Morgan fingerprint density at radius 2 is 1.92 bits per heavy atom. The van der Waals surface area contributed by atoms with Crippen molar-refractivity contribution in [2.24, 2.45) is 0 Å². The van der Waals surface area contributed by atoms with Gasteiger partial charge in [0.25, 0.3) is 0 Å². The van der Waals surface area contributed by atoms with Crippen LogP contribution >= 0.6 is 34.8 Å². The number of aromatic nitrogens is 3. The molecule has 0 saturated carbocycles. The van der Waals surface area contributed by atoms with Crippen molar-refractivity contribution >= 4 is 57.6 Å². The number of carbonyl (C=O) groups is 1. The largest absolute Gasteiger partial charge is 0.310 e. The quantitative estimate of drug-likeness (QED) is 0.679. The number of nitrogens with one attached hydrogen (secondary N) is 1. The molecular formula is C16H11Cl3N4O. The van der Waals surface area contributed by atoms with Gasteiger partial charge in [-0.25, -0.2) is 15.0 Å². The van der Waals surface area contributed by atoms with Crippen LogP contribution in [0.5, 0.6) is 0 Å². The number of alkyl halides is 1. The summed E-state index contributed by atoms with van der Waals surface area (Å²) < 4.78 is 0. The van der Waals surface area contributed by atoms with Crippen LogP contribution in [0.3, 0.4) is 0 Å². The lowest BCUT2D eigenvalue weighted by atomic mass is 10.0. The molecule has 0 aliphatic carbocycles. The van der Waals surface area contributed by atoms with Gasteiger partial charge in [-0.1, -0.05) is 29.3 Å². The molecule has 0 aliphatic heterocycles. The molecule has 0 aliphatic rings. The first-order valence-corrected chi connectivity index (χ1v) is 8.23. The van der Waals surface area contributed by atoms with Crippen molar-refractivity contribution in [2.75, 3.05) is 11.2 Å². The molecule has 8 heteroatoms. The first-order chi connectivity index (χ1) is 11.5. The van der Waals surface area contributed by atoms with Crippen LogP contribution < -0.4 is 5.32 Å². The molecule has 0 spiro atoms. The number of carbonyl (C=O) groups excluding carboxylic acids is 1. The van der Waals surface area contributed by atoms with E-state index in [0.717, 1.165) is 0 Å². The SMILES string of the molecule is Cc1ncc2c(-c3c(Cl)cccc3Cl)cc(NC(=O)CCl)nc2n1. The number of amides is 1. The van der Waals surface area contributed by atoms with E-state index in [9.17, 15) is 4.79 Å². The van der Waals surface area contributed by atoms with Gasteiger partial charge >= 0.3 is 0 Å². The van der Waals surface area contributed by atoms with Gasteiger partial charge in [-0.15, -0.1) is 11.6 Å². The van der Waals surface area contributed by atoms with Gasteiger partial charge in [-0.3, -0.25) is 4.79 Å². The summed E-state index contributed by atoms with van der Waals surface area (Å²) in [4.78, 5) is 24.5. The Hall–Kier alpha value is -1.95. The fourth-order valence-corrected chi connectivity index (χ4v) is 2.96. The van der Waals surface area contributed by atoms with Gasteiger partial charge in [0.15, 0.2) is 5.65 Å². The molecule has 24 heavy (non-hydrogen) atoms. The van der Waals surface area contributed by atoms with Crippen molar-refractivity contribution in [1.82, 2.24) is 15.0 Å². The summed E-state index contributed by atoms with van der Waals surface area (Å²) in [7, 11) is 0. The summed E-state index contributed by atoms with van der Waals surface area (Å²) in [5, 5.41) is 4.26. The fourth-order valence-electron chi connectivity index (χ4n) is 2.30. The number of benzene rings is 1. The van der Waals surface area contributed by atoms with E-state index in [1.54, 1.807) is 37.4 Å². The molecule has 2 heterocycles. The second kappa shape index (κ2) is 6.89. The molecule has 0 atom stereocenters. The number of halogens is 3. The maximum absolute atomic E-state index is 11.6. The monoisotopic (exact) mass is 380 g/mol. The van der Waals surface area contributed by atoms with Crippen LogP contribution in [0.1, 0.15) is 5.82 Å². The van der Waals surface area contributed by atoms with Gasteiger partial charge in [0, 0.05) is 32.8 Å². The van der Waals surface area contributed by atoms with E-state index in [2.05, 4.69) is 20.3 Å². The smallest absolute Gasteiger partial charge is 0.240 e. The maximum Gasteiger partial charge on any atom is 0.240 e. The molecule has 1 N–H and O–H groups in total. The number of fused-ring (bicyclic) bond motifs is 1. The molecule has 0 bridgehead atoms. The van der Waals surface area contributed by atoms with E-state index in [4.69, 9.17) is 34.8 Å². The Morgan fingerprint density at radius 3 is 2.58 bits per heavy atom. The third-order valence-corrected chi connectivity index (χ3v) is 4.18. The van der Waals surface area contributed by atoms with Crippen LogP contribution in [0.25, 0.3) is 22.2 Å². The number of pyridine rings is 1. The molecule has 3 rings (SSSR count). The molecule has 5 nitrogen and oxygen atoms in total. The van der Waals surface area contributed by atoms with Gasteiger partial charge in [0.2, 0.25) is 5.91 Å². The molecular weight excluding hydrogens is 371 g/mol. The van der Waals surface area contributed by atoms with Gasteiger partial charge in [-0.2, -0.15) is 0 Å². The zero-order chi connectivity index (χ0) is 17.3. The minimum absolute atomic E-state index is 0.176. The zero-order valence-electron chi connectivity index (χ0n) is 12.5. The number of anilines is 1. The minimum Gasteiger partial charge on any atom is -0.310 e. The minimum atomic E-state index is -0.370. The van der Waals surface area contributed by atoms with Gasteiger partial charge in [0.1, 0.15) is 17.5 Å². The van der Waals surface area contributed by atoms with Crippen molar-refractivity contribution in [3.8, 4) is 11.1 Å². The van der Waals surface area contributed by atoms with Crippen molar-refractivity contribution in [2.45, 2.75) is 6.92 Å². The van der Waals surface area contributed by atoms with Crippen LogP contribution in [0, 0.1) is 6.92 Å². The molecule has 0 saturated heterocycles. The van der Waals surface area contributed by atoms with Crippen molar-refractivity contribution in [3.05, 3.63) is 46.3 Å².